The van der Waals surface area contributed by atoms with Gasteiger partial charge in [-0.3, -0.25) is 4.98 Å². The molecule has 3 nitrogen and oxygen atoms in total. The molecule has 0 saturated heterocycles. The SMILES string of the molecule is Cc1cc(N(C)CC(C)C(N)=S)ccn1. The number of hydrogen-bond donors (Lipinski definition) is 1. The average molecular weight is 223 g/mol. The van der Waals surface area contributed by atoms with E-state index in [1.165, 1.54) is 0 Å². The van der Waals surface area contributed by atoms with Crippen molar-refractivity contribution in [3.8, 4) is 0 Å². The van der Waals surface area contributed by atoms with Gasteiger partial charge in [0, 0.05) is 37.1 Å². The van der Waals surface area contributed by atoms with E-state index in [9.17, 15) is 0 Å². The fourth-order valence-electron chi connectivity index (χ4n) is 1.37. The topological polar surface area (TPSA) is 42.1 Å². The Hall–Kier alpha value is -1.16. The minimum atomic E-state index is 0.221. The highest BCUT2D eigenvalue weighted by atomic mass is 32.1. The summed E-state index contributed by atoms with van der Waals surface area (Å²) in [5.74, 6) is 0.221. The molecule has 82 valence electrons. The van der Waals surface area contributed by atoms with Crippen molar-refractivity contribution in [2.45, 2.75) is 13.8 Å². The molecule has 1 aromatic heterocycles. The number of anilines is 1. The first-order valence-corrected chi connectivity index (χ1v) is 5.34. The second kappa shape index (κ2) is 5.07. The van der Waals surface area contributed by atoms with Gasteiger partial charge < -0.3 is 10.6 Å². The maximum atomic E-state index is 5.58. The van der Waals surface area contributed by atoms with E-state index in [0.29, 0.717) is 4.99 Å². The molecule has 1 atom stereocenters. The van der Waals surface area contributed by atoms with Crippen LogP contribution < -0.4 is 10.6 Å². The zero-order valence-electron chi connectivity index (χ0n) is 9.40. The third-order valence-electron chi connectivity index (χ3n) is 2.35. The Morgan fingerprint density at radius 3 is 2.87 bits per heavy atom. The molecule has 15 heavy (non-hydrogen) atoms. The van der Waals surface area contributed by atoms with Gasteiger partial charge in [-0.15, -0.1) is 0 Å². The van der Waals surface area contributed by atoms with E-state index in [1.807, 2.05) is 39.2 Å². The second-order valence-electron chi connectivity index (χ2n) is 3.84. The quantitative estimate of drug-likeness (QED) is 0.790. The lowest BCUT2D eigenvalue weighted by molar-refractivity contribution is 0.742. The van der Waals surface area contributed by atoms with Crippen molar-refractivity contribution in [3.63, 3.8) is 0 Å². The van der Waals surface area contributed by atoms with Crippen LogP contribution >= 0.6 is 12.2 Å². The lowest BCUT2D eigenvalue weighted by Crippen LogP contribution is -2.31. The van der Waals surface area contributed by atoms with Crippen LogP contribution in [-0.4, -0.2) is 23.6 Å². The molecule has 2 N–H and O–H groups in total. The summed E-state index contributed by atoms with van der Waals surface area (Å²) < 4.78 is 0. The molecule has 1 unspecified atom stereocenters. The molecule has 0 aromatic carbocycles. The number of nitrogens with two attached hydrogens (primary N) is 1. The predicted octanol–water partition coefficient (Wildman–Crippen LogP) is 1.75. The number of rotatable bonds is 4. The number of aryl methyl sites for hydroxylation is 1. The molecule has 0 aliphatic rings. The Morgan fingerprint density at radius 2 is 2.33 bits per heavy atom. The van der Waals surface area contributed by atoms with Crippen molar-refractivity contribution in [1.82, 2.24) is 4.98 Å². The van der Waals surface area contributed by atoms with E-state index in [-0.39, 0.29) is 5.92 Å². The summed E-state index contributed by atoms with van der Waals surface area (Å²) >= 11 is 4.95. The van der Waals surface area contributed by atoms with Gasteiger partial charge in [-0.1, -0.05) is 19.1 Å². The Kier molecular flexibility index (Phi) is 4.03. The van der Waals surface area contributed by atoms with Crippen molar-refractivity contribution in [2.24, 2.45) is 11.7 Å². The largest absolute Gasteiger partial charge is 0.393 e. The molecule has 0 amide bonds. The van der Waals surface area contributed by atoms with Crippen LogP contribution in [0.3, 0.4) is 0 Å². The van der Waals surface area contributed by atoms with Crippen LogP contribution in [0.15, 0.2) is 18.3 Å². The van der Waals surface area contributed by atoms with Gasteiger partial charge in [0.25, 0.3) is 0 Å². The van der Waals surface area contributed by atoms with Crippen LogP contribution in [0.1, 0.15) is 12.6 Å². The van der Waals surface area contributed by atoms with Crippen LogP contribution in [0.5, 0.6) is 0 Å². The normalized spacial score (nSPS) is 12.2. The zero-order chi connectivity index (χ0) is 11.4. The molecule has 0 aliphatic carbocycles. The Labute approximate surface area is 96.3 Å². The van der Waals surface area contributed by atoms with Crippen molar-refractivity contribution in [3.05, 3.63) is 24.0 Å². The van der Waals surface area contributed by atoms with Gasteiger partial charge in [-0.25, -0.2) is 0 Å². The van der Waals surface area contributed by atoms with E-state index in [2.05, 4.69) is 9.88 Å². The highest BCUT2D eigenvalue weighted by Gasteiger charge is 2.09. The summed E-state index contributed by atoms with van der Waals surface area (Å²) in [5.41, 5.74) is 7.74. The van der Waals surface area contributed by atoms with Crippen molar-refractivity contribution in [2.75, 3.05) is 18.5 Å². The van der Waals surface area contributed by atoms with E-state index in [4.69, 9.17) is 18.0 Å². The van der Waals surface area contributed by atoms with Crippen molar-refractivity contribution < 1.29 is 0 Å². The van der Waals surface area contributed by atoms with Gasteiger partial charge in [0.15, 0.2) is 0 Å². The molecule has 4 heteroatoms. The molecule has 0 aliphatic heterocycles. The zero-order valence-corrected chi connectivity index (χ0v) is 10.2. The number of hydrogen-bond acceptors (Lipinski definition) is 3. The molecule has 1 heterocycles. The monoisotopic (exact) mass is 223 g/mol. The Bertz CT molecular complexity index is 351. The average Bonchev–Trinajstić information content (AvgIpc) is 2.17. The second-order valence-corrected chi connectivity index (χ2v) is 4.31. The number of aromatic nitrogens is 1. The number of thiocarbonyl (C=S) groups is 1. The van der Waals surface area contributed by atoms with Crippen LogP contribution in [0.25, 0.3) is 0 Å². The first kappa shape index (κ1) is 11.9. The smallest absolute Gasteiger partial charge is 0.0773 e. The van der Waals surface area contributed by atoms with E-state index in [0.717, 1.165) is 17.9 Å². The molecular formula is C11H17N3S. The van der Waals surface area contributed by atoms with Crippen LogP contribution in [0.2, 0.25) is 0 Å². The summed E-state index contributed by atoms with van der Waals surface area (Å²) in [6.07, 6.45) is 1.81. The standard InChI is InChI=1S/C11H17N3S/c1-8(11(12)15)7-14(3)10-4-5-13-9(2)6-10/h4-6,8H,7H2,1-3H3,(H2,12,15). The Morgan fingerprint density at radius 1 is 1.67 bits per heavy atom. The highest BCUT2D eigenvalue weighted by Crippen LogP contribution is 2.13. The third kappa shape index (κ3) is 3.47. The van der Waals surface area contributed by atoms with Gasteiger partial charge in [0.2, 0.25) is 0 Å². The Balaban J connectivity index is 2.68. The first-order chi connectivity index (χ1) is 7.00. The molecule has 0 bridgehead atoms. The molecule has 0 radical (unpaired) electrons. The van der Waals surface area contributed by atoms with Gasteiger partial charge in [0.05, 0.1) is 4.99 Å². The van der Waals surface area contributed by atoms with Crippen LogP contribution in [0.4, 0.5) is 5.69 Å². The summed E-state index contributed by atoms with van der Waals surface area (Å²) in [4.78, 5) is 6.86. The fourth-order valence-corrected chi connectivity index (χ4v) is 1.45. The van der Waals surface area contributed by atoms with Crippen LogP contribution in [0, 0.1) is 12.8 Å². The maximum Gasteiger partial charge on any atom is 0.0773 e. The summed E-state index contributed by atoms with van der Waals surface area (Å²) in [5, 5.41) is 0. The predicted molar refractivity (Wildman–Crippen MR) is 68.2 cm³/mol. The first-order valence-electron chi connectivity index (χ1n) is 4.94. The van der Waals surface area contributed by atoms with Gasteiger partial charge in [-0.05, 0) is 19.1 Å². The maximum absolute atomic E-state index is 5.58. The van der Waals surface area contributed by atoms with Crippen LogP contribution in [-0.2, 0) is 0 Å². The van der Waals surface area contributed by atoms with Crippen molar-refractivity contribution >= 4 is 22.9 Å². The van der Waals surface area contributed by atoms with E-state index >= 15 is 0 Å². The third-order valence-corrected chi connectivity index (χ3v) is 2.76. The summed E-state index contributed by atoms with van der Waals surface area (Å²) in [7, 11) is 2.03. The van der Waals surface area contributed by atoms with E-state index < -0.39 is 0 Å². The molecule has 1 aromatic rings. The number of pyridine rings is 1. The molecule has 0 spiro atoms. The van der Waals surface area contributed by atoms with Gasteiger partial charge in [0.1, 0.15) is 0 Å². The minimum absolute atomic E-state index is 0.221. The lowest BCUT2D eigenvalue weighted by Gasteiger charge is -2.22. The van der Waals surface area contributed by atoms with Gasteiger partial charge in [-0.2, -0.15) is 0 Å². The molecule has 0 fully saturated rings. The lowest BCUT2D eigenvalue weighted by atomic mass is 10.1. The van der Waals surface area contributed by atoms with E-state index in [1.54, 1.807) is 0 Å². The summed E-state index contributed by atoms with van der Waals surface area (Å²) in [6.45, 7) is 4.85. The van der Waals surface area contributed by atoms with Gasteiger partial charge >= 0.3 is 0 Å². The van der Waals surface area contributed by atoms with Crippen molar-refractivity contribution in [1.29, 1.82) is 0 Å². The fraction of sp³-hybridized carbons (Fsp3) is 0.455. The molecule has 0 saturated carbocycles. The summed E-state index contributed by atoms with van der Waals surface area (Å²) in [6, 6.07) is 4.03. The molecule has 1 rings (SSSR count). The molecular weight excluding hydrogens is 206 g/mol. The number of nitrogens with zero attached hydrogens (tertiary/aromatic N) is 2. The minimum Gasteiger partial charge on any atom is -0.393 e. The highest BCUT2D eigenvalue weighted by molar-refractivity contribution is 7.80.